The highest BCUT2D eigenvalue weighted by atomic mass is 16.5. The number of carbonyl (C=O) groups excluding carboxylic acids is 1. The van der Waals surface area contributed by atoms with Gasteiger partial charge in [0.05, 0.1) is 25.2 Å². The van der Waals surface area contributed by atoms with Crippen LogP contribution in [0.5, 0.6) is 5.75 Å². The second kappa shape index (κ2) is 7.61. The Labute approximate surface area is 132 Å². The number of para-hydroxylation sites is 1. The van der Waals surface area contributed by atoms with E-state index in [4.69, 9.17) is 4.74 Å². The minimum Gasteiger partial charge on any atom is -0.493 e. The zero-order valence-corrected chi connectivity index (χ0v) is 13.5. The summed E-state index contributed by atoms with van der Waals surface area (Å²) in [5.74, 6) is 0.825. The maximum atomic E-state index is 12.3. The summed E-state index contributed by atoms with van der Waals surface area (Å²) >= 11 is 0. The van der Waals surface area contributed by atoms with Crippen LogP contribution in [0.15, 0.2) is 30.3 Å². The summed E-state index contributed by atoms with van der Waals surface area (Å²) in [6.07, 6.45) is 1.93. The van der Waals surface area contributed by atoms with Crippen LogP contribution in [0.1, 0.15) is 19.3 Å². The fourth-order valence-electron chi connectivity index (χ4n) is 2.97. The second-order valence-corrected chi connectivity index (χ2v) is 6.29. The summed E-state index contributed by atoms with van der Waals surface area (Å²) in [4.78, 5) is 16.0. The van der Waals surface area contributed by atoms with Crippen molar-refractivity contribution >= 4 is 5.91 Å². The summed E-state index contributed by atoms with van der Waals surface area (Å²) < 4.78 is 5.57. The van der Waals surface area contributed by atoms with Gasteiger partial charge in [0.1, 0.15) is 5.75 Å². The van der Waals surface area contributed by atoms with Crippen LogP contribution >= 0.6 is 0 Å². The van der Waals surface area contributed by atoms with Crippen LogP contribution in [0.25, 0.3) is 0 Å². The fraction of sp³-hybridized carbons (Fsp3) is 0.588. The Bertz CT molecular complexity index is 478. The van der Waals surface area contributed by atoms with Gasteiger partial charge in [0.15, 0.2) is 0 Å². The Hall–Kier alpha value is -1.59. The van der Waals surface area contributed by atoms with Gasteiger partial charge in [-0.2, -0.15) is 0 Å². The van der Waals surface area contributed by atoms with Gasteiger partial charge in [0, 0.05) is 13.1 Å². The zero-order valence-electron chi connectivity index (χ0n) is 13.5. The van der Waals surface area contributed by atoms with Crippen LogP contribution in [0, 0.1) is 0 Å². The lowest BCUT2D eigenvalue weighted by Crippen LogP contribution is -2.54. The molecule has 1 N–H and O–H groups in total. The zero-order chi connectivity index (χ0) is 16.0. The van der Waals surface area contributed by atoms with E-state index < -0.39 is 5.60 Å². The van der Waals surface area contributed by atoms with Gasteiger partial charge in [-0.3, -0.25) is 4.79 Å². The molecule has 1 aliphatic heterocycles. The van der Waals surface area contributed by atoms with Crippen LogP contribution in [-0.2, 0) is 4.79 Å². The van der Waals surface area contributed by atoms with Gasteiger partial charge in [-0.1, -0.05) is 18.2 Å². The van der Waals surface area contributed by atoms with Crippen LogP contribution in [-0.4, -0.2) is 66.8 Å². The third kappa shape index (κ3) is 5.00. The topological polar surface area (TPSA) is 53.0 Å². The van der Waals surface area contributed by atoms with E-state index in [-0.39, 0.29) is 5.91 Å². The molecule has 1 heterocycles. The third-order valence-corrected chi connectivity index (χ3v) is 3.85. The Morgan fingerprint density at radius 1 is 1.36 bits per heavy atom. The normalized spacial score (nSPS) is 21.9. The van der Waals surface area contributed by atoms with Crippen molar-refractivity contribution in [3.8, 4) is 5.75 Å². The molecule has 0 saturated carbocycles. The standard InChI is InChI=1S/C17H26N2O3/c1-18(2)13-17(21)10-6-11-19(14-17)16(20)9-12-22-15-7-4-3-5-8-15/h3-5,7-8,21H,6,9-14H2,1-2H3/t17-/m0/s1. The van der Waals surface area contributed by atoms with E-state index in [2.05, 4.69) is 0 Å². The molecule has 0 aromatic heterocycles. The SMILES string of the molecule is CN(C)C[C@@]1(O)CCCN(C(=O)CCOc2ccccc2)C1. The molecule has 0 unspecified atom stereocenters. The molecule has 1 amide bonds. The highest BCUT2D eigenvalue weighted by Crippen LogP contribution is 2.22. The maximum Gasteiger partial charge on any atom is 0.226 e. The molecule has 1 fully saturated rings. The second-order valence-electron chi connectivity index (χ2n) is 6.29. The lowest BCUT2D eigenvalue weighted by molar-refractivity contribution is -0.139. The van der Waals surface area contributed by atoms with E-state index >= 15 is 0 Å². The molecule has 22 heavy (non-hydrogen) atoms. The molecule has 1 aliphatic rings. The van der Waals surface area contributed by atoms with E-state index in [1.807, 2.05) is 49.3 Å². The molecule has 5 nitrogen and oxygen atoms in total. The first kappa shape index (κ1) is 16.8. The highest BCUT2D eigenvalue weighted by molar-refractivity contribution is 5.76. The number of likely N-dealkylation sites (N-methyl/N-ethyl adjacent to an activating group) is 1. The summed E-state index contributed by atoms with van der Waals surface area (Å²) in [7, 11) is 3.87. The highest BCUT2D eigenvalue weighted by Gasteiger charge is 2.35. The molecule has 0 bridgehead atoms. The smallest absolute Gasteiger partial charge is 0.226 e. The molecule has 1 aromatic carbocycles. The fourth-order valence-corrected chi connectivity index (χ4v) is 2.97. The third-order valence-electron chi connectivity index (χ3n) is 3.85. The minimum absolute atomic E-state index is 0.0489. The molecule has 0 spiro atoms. The number of hydrogen-bond donors (Lipinski definition) is 1. The molecule has 1 atom stereocenters. The van der Waals surface area contributed by atoms with Crippen LogP contribution < -0.4 is 4.74 Å². The van der Waals surface area contributed by atoms with Crippen LogP contribution in [0.3, 0.4) is 0 Å². The van der Waals surface area contributed by atoms with Crippen molar-refractivity contribution < 1.29 is 14.6 Å². The number of aliphatic hydroxyl groups is 1. The van der Waals surface area contributed by atoms with Crippen LogP contribution in [0.4, 0.5) is 0 Å². The Morgan fingerprint density at radius 2 is 2.09 bits per heavy atom. The molecule has 1 aromatic rings. The lowest BCUT2D eigenvalue weighted by atomic mass is 9.92. The first-order valence-corrected chi connectivity index (χ1v) is 7.81. The van der Waals surface area contributed by atoms with Crippen molar-refractivity contribution in [1.82, 2.24) is 9.80 Å². The summed E-state index contributed by atoms with van der Waals surface area (Å²) in [6, 6.07) is 9.49. The van der Waals surface area contributed by atoms with Gasteiger partial charge < -0.3 is 19.6 Å². The van der Waals surface area contributed by atoms with Gasteiger partial charge >= 0.3 is 0 Å². The van der Waals surface area contributed by atoms with Gasteiger partial charge in [-0.15, -0.1) is 0 Å². The number of likely N-dealkylation sites (tertiary alicyclic amines) is 1. The minimum atomic E-state index is -0.794. The number of amides is 1. The quantitative estimate of drug-likeness (QED) is 0.862. The van der Waals surface area contributed by atoms with Gasteiger partial charge in [0.2, 0.25) is 5.91 Å². The maximum absolute atomic E-state index is 12.3. The number of hydrogen-bond acceptors (Lipinski definition) is 4. The first-order chi connectivity index (χ1) is 10.5. The predicted octanol–water partition coefficient (Wildman–Crippen LogP) is 1.37. The number of piperidine rings is 1. The number of β-amino-alcohol motifs (C(OH)–C–C–N with tert-alkyl or cyclic N) is 1. The van der Waals surface area contributed by atoms with E-state index in [9.17, 15) is 9.90 Å². The molecule has 0 aliphatic carbocycles. The summed E-state index contributed by atoms with van der Waals surface area (Å²) in [6.45, 7) is 2.08. The van der Waals surface area contributed by atoms with E-state index in [1.54, 1.807) is 4.90 Å². The summed E-state index contributed by atoms with van der Waals surface area (Å²) in [5, 5.41) is 10.6. The first-order valence-electron chi connectivity index (χ1n) is 7.81. The van der Waals surface area contributed by atoms with Gasteiger partial charge in [0.25, 0.3) is 0 Å². The van der Waals surface area contributed by atoms with Crippen molar-refractivity contribution in [2.75, 3.05) is 40.3 Å². The van der Waals surface area contributed by atoms with Crippen molar-refractivity contribution in [1.29, 1.82) is 0 Å². The lowest BCUT2D eigenvalue weighted by Gasteiger charge is -2.40. The molecule has 5 heteroatoms. The number of nitrogens with zero attached hydrogens (tertiary/aromatic N) is 2. The molecule has 1 saturated heterocycles. The predicted molar refractivity (Wildman–Crippen MR) is 85.9 cm³/mol. The van der Waals surface area contributed by atoms with E-state index in [0.717, 1.165) is 25.1 Å². The average Bonchev–Trinajstić information content (AvgIpc) is 2.47. The largest absolute Gasteiger partial charge is 0.493 e. The van der Waals surface area contributed by atoms with E-state index in [1.165, 1.54) is 0 Å². The van der Waals surface area contributed by atoms with Crippen molar-refractivity contribution in [2.24, 2.45) is 0 Å². The molecule has 2 rings (SSSR count). The Kier molecular flexibility index (Phi) is 5.80. The van der Waals surface area contributed by atoms with Crippen molar-refractivity contribution in [3.63, 3.8) is 0 Å². The number of rotatable bonds is 6. The van der Waals surface area contributed by atoms with Crippen molar-refractivity contribution in [3.05, 3.63) is 30.3 Å². The van der Waals surface area contributed by atoms with Crippen molar-refractivity contribution in [2.45, 2.75) is 24.9 Å². The van der Waals surface area contributed by atoms with Gasteiger partial charge in [-0.05, 0) is 39.1 Å². The number of benzene rings is 1. The number of ether oxygens (including phenoxy) is 1. The number of carbonyl (C=O) groups is 1. The molecular weight excluding hydrogens is 280 g/mol. The van der Waals surface area contributed by atoms with Crippen LogP contribution in [0.2, 0.25) is 0 Å². The molecule has 0 radical (unpaired) electrons. The monoisotopic (exact) mass is 306 g/mol. The molecule has 122 valence electrons. The summed E-state index contributed by atoms with van der Waals surface area (Å²) in [5.41, 5.74) is -0.794. The Morgan fingerprint density at radius 3 is 2.77 bits per heavy atom. The molecular formula is C17H26N2O3. The van der Waals surface area contributed by atoms with Gasteiger partial charge in [-0.25, -0.2) is 0 Å². The average molecular weight is 306 g/mol. The Balaban J connectivity index is 1.79. The van der Waals surface area contributed by atoms with E-state index in [0.29, 0.717) is 26.1 Å².